The van der Waals surface area contributed by atoms with Crippen molar-refractivity contribution in [3.63, 3.8) is 0 Å². The summed E-state index contributed by atoms with van der Waals surface area (Å²) in [7, 11) is 0. The van der Waals surface area contributed by atoms with Gasteiger partial charge in [-0.1, -0.05) is 40.2 Å². The van der Waals surface area contributed by atoms with Crippen LogP contribution in [0.25, 0.3) is 0 Å². The zero-order valence-electron chi connectivity index (χ0n) is 13.8. The van der Waals surface area contributed by atoms with Crippen LogP contribution in [0.5, 0.6) is 5.75 Å². The monoisotopic (exact) mass is 277 g/mol. The lowest BCUT2D eigenvalue weighted by molar-refractivity contribution is 0.186. The third-order valence-electron chi connectivity index (χ3n) is 3.58. The van der Waals surface area contributed by atoms with Gasteiger partial charge in [0.25, 0.3) is 0 Å². The van der Waals surface area contributed by atoms with Crippen LogP contribution < -0.4 is 10.1 Å². The lowest BCUT2D eigenvalue weighted by Gasteiger charge is -2.20. The van der Waals surface area contributed by atoms with E-state index in [1.165, 1.54) is 17.5 Å². The van der Waals surface area contributed by atoms with E-state index in [9.17, 15) is 0 Å². The third-order valence-corrected chi connectivity index (χ3v) is 3.58. The van der Waals surface area contributed by atoms with E-state index in [1.54, 1.807) is 0 Å². The van der Waals surface area contributed by atoms with Crippen molar-refractivity contribution in [3.05, 3.63) is 29.3 Å². The van der Waals surface area contributed by atoms with Crippen molar-refractivity contribution in [1.82, 2.24) is 5.32 Å². The van der Waals surface area contributed by atoms with Crippen LogP contribution in [0, 0.1) is 6.92 Å². The van der Waals surface area contributed by atoms with Crippen LogP contribution >= 0.6 is 0 Å². The molecule has 114 valence electrons. The van der Waals surface area contributed by atoms with E-state index in [0.29, 0.717) is 5.92 Å². The molecule has 1 rings (SSSR count). The predicted molar refractivity (Wildman–Crippen MR) is 87.8 cm³/mol. The fourth-order valence-electron chi connectivity index (χ4n) is 2.53. The van der Waals surface area contributed by atoms with E-state index >= 15 is 0 Å². The second kappa shape index (κ2) is 9.02. The highest BCUT2D eigenvalue weighted by Gasteiger charge is 2.11. The highest BCUT2D eigenvalue weighted by Crippen LogP contribution is 2.24. The minimum atomic E-state index is 0.274. The van der Waals surface area contributed by atoms with Gasteiger partial charge in [-0.25, -0.2) is 0 Å². The van der Waals surface area contributed by atoms with Gasteiger partial charge in [0.1, 0.15) is 11.9 Å². The lowest BCUT2D eigenvalue weighted by atomic mass is 9.98. The average molecular weight is 277 g/mol. The largest absolute Gasteiger partial charge is 0.489 e. The van der Waals surface area contributed by atoms with Gasteiger partial charge in [0.15, 0.2) is 0 Å². The highest BCUT2D eigenvalue weighted by molar-refractivity contribution is 5.36. The maximum absolute atomic E-state index is 6.15. The van der Waals surface area contributed by atoms with Crippen molar-refractivity contribution < 1.29 is 4.74 Å². The number of aryl methyl sites for hydroxylation is 1. The van der Waals surface area contributed by atoms with Crippen LogP contribution in [0.4, 0.5) is 0 Å². The van der Waals surface area contributed by atoms with Crippen LogP contribution in [-0.4, -0.2) is 19.2 Å². The number of nitrogens with one attached hydrogen (secondary N) is 1. The summed E-state index contributed by atoms with van der Waals surface area (Å²) in [5.41, 5.74) is 2.74. The van der Waals surface area contributed by atoms with E-state index in [4.69, 9.17) is 4.74 Å². The van der Waals surface area contributed by atoms with Gasteiger partial charge in [-0.3, -0.25) is 0 Å². The molecule has 2 nitrogen and oxygen atoms in total. The summed E-state index contributed by atoms with van der Waals surface area (Å²) >= 11 is 0. The Morgan fingerprint density at radius 2 is 1.90 bits per heavy atom. The van der Waals surface area contributed by atoms with Crippen LogP contribution in [0.3, 0.4) is 0 Å². The summed E-state index contributed by atoms with van der Waals surface area (Å²) in [5.74, 6) is 1.57. The summed E-state index contributed by atoms with van der Waals surface area (Å²) in [5, 5.41) is 3.46. The number of hydrogen-bond acceptors (Lipinski definition) is 2. The molecule has 0 amide bonds. The van der Waals surface area contributed by atoms with Crippen molar-refractivity contribution in [1.29, 1.82) is 0 Å². The molecule has 0 radical (unpaired) electrons. The zero-order valence-corrected chi connectivity index (χ0v) is 13.8. The molecule has 0 aliphatic rings. The normalized spacial score (nSPS) is 12.7. The first-order chi connectivity index (χ1) is 9.58. The van der Waals surface area contributed by atoms with Gasteiger partial charge in [-0.15, -0.1) is 0 Å². The topological polar surface area (TPSA) is 21.3 Å². The maximum Gasteiger partial charge on any atom is 0.120 e. The lowest BCUT2D eigenvalue weighted by Crippen LogP contribution is -2.31. The molecule has 0 saturated carbocycles. The van der Waals surface area contributed by atoms with Crippen molar-refractivity contribution in [2.45, 2.75) is 65.9 Å². The zero-order chi connectivity index (χ0) is 15.0. The molecule has 1 N–H and O–H groups in total. The summed E-state index contributed by atoms with van der Waals surface area (Å²) in [4.78, 5) is 0. The molecule has 1 atom stereocenters. The fraction of sp³-hybridized carbons (Fsp3) is 0.667. The Kier molecular flexibility index (Phi) is 7.68. The minimum Gasteiger partial charge on any atom is -0.489 e. The maximum atomic E-state index is 6.15. The van der Waals surface area contributed by atoms with Gasteiger partial charge in [0.05, 0.1) is 0 Å². The van der Waals surface area contributed by atoms with Gasteiger partial charge in [-0.05, 0) is 55.5 Å². The van der Waals surface area contributed by atoms with Crippen LogP contribution in [0.1, 0.15) is 64.0 Å². The molecule has 1 aromatic carbocycles. The van der Waals surface area contributed by atoms with E-state index in [2.05, 4.69) is 58.1 Å². The molecule has 0 bridgehead atoms. The minimum absolute atomic E-state index is 0.274. The van der Waals surface area contributed by atoms with Gasteiger partial charge >= 0.3 is 0 Å². The molecule has 0 fully saturated rings. The Morgan fingerprint density at radius 1 is 1.15 bits per heavy atom. The highest BCUT2D eigenvalue weighted by atomic mass is 16.5. The fourth-order valence-corrected chi connectivity index (χ4v) is 2.53. The van der Waals surface area contributed by atoms with Crippen molar-refractivity contribution in [2.75, 3.05) is 13.1 Å². The molecule has 20 heavy (non-hydrogen) atoms. The smallest absolute Gasteiger partial charge is 0.120 e. The first-order valence-corrected chi connectivity index (χ1v) is 8.06. The van der Waals surface area contributed by atoms with Crippen molar-refractivity contribution in [2.24, 2.45) is 0 Å². The molecule has 0 saturated heterocycles. The second-order valence-corrected chi connectivity index (χ2v) is 5.91. The Balaban J connectivity index is 2.65. The summed E-state index contributed by atoms with van der Waals surface area (Å²) in [6.07, 6.45) is 3.69. The Hall–Kier alpha value is -1.02. The molecular formula is C18H31NO. The van der Waals surface area contributed by atoms with Crippen LogP contribution in [0.15, 0.2) is 18.2 Å². The van der Waals surface area contributed by atoms with E-state index in [-0.39, 0.29) is 6.10 Å². The molecule has 0 aliphatic heterocycles. The number of ether oxygens (including phenoxy) is 1. The van der Waals surface area contributed by atoms with Crippen LogP contribution in [-0.2, 0) is 0 Å². The van der Waals surface area contributed by atoms with Gasteiger partial charge in [0, 0.05) is 6.54 Å². The van der Waals surface area contributed by atoms with E-state index in [0.717, 1.165) is 31.7 Å². The molecule has 2 heteroatoms. The molecule has 0 aliphatic carbocycles. The van der Waals surface area contributed by atoms with E-state index in [1.807, 2.05) is 0 Å². The summed E-state index contributed by atoms with van der Waals surface area (Å²) < 4.78 is 6.15. The number of benzene rings is 1. The molecule has 0 aromatic heterocycles. The van der Waals surface area contributed by atoms with Crippen molar-refractivity contribution in [3.8, 4) is 5.75 Å². The van der Waals surface area contributed by atoms with Gasteiger partial charge in [0.2, 0.25) is 0 Å². The number of hydrogen-bond donors (Lipinski definition) is 1. The Bertz CT molecular complexity index is 387. The second-order valence-electron chi connectivity index (χ2n) is 5.91. The van der Waals surface area contributed by atoms with Crippen molar-refractivity contribution >= 4 is 0 Å². The number of rotatable bonds is 9. The van der Waals surface area contributed by atoms with E-state index < -0.39 is 0 Å². The van der Waals surface area contributed by atoms with Gasteiger partial charge < -0.3 is 10.1 Å². The Labute approximate surface area is 124 Å². The third kappa shape index (κ3) is 5.54. The Morgan fingerprint density at radius 3 is 2.45 bits per heavy atom. The average Bonchev–Trinajstić information content (AvgIpc) is 2.39. The first kappa shape index (κ1) is 17.0. The molecule has 0 heterocycles. The predicted octanol–water partition coefficient (Wildman–Crippen LogP) is 4.67. The molecule has 1 aromatic rings. The first-order valence-electron chi connectivity index (χ1n) is 8.06. The molecular weight excluding hydrogens is 246 g/mol. The molecule has 0 spiro atoms. The SMILES string of the molecule is CCCNCC(CCC)Oc1ccc(C(C)C)c(C)c1. The van der Waals surface area contributed by atoms with Gasteiger partial charge in [-0.2, -0.15) is 0 Å². The molecule has 1 unspecified atom stereocenters. The summed E-state index contributed by atoms with van der Waals surface area (Å²) in [6, 6.07) is 6.50. The van der Waals surface area contributed by atoms with Crippen LogP contribution in [0.2, 0.25) is 0 Å². The standard InChI is InChI=1S/C18H31NO/c1-6-8-17(13-19-11-7-2)20-16-9-10-18(14(3)4)15(5)12-16/h9-10,12,14,17,19H,6-8,11,13H2,1-5H3. The quantitative estimate of drug-likeness (QED) is 0.663. The summed E-state index contributed by atoms with van der Waals surface area (Å²) in [6.45, 7) is 13.0.